The van der Waals surface area contributed by atoms with Crippen LogP contribution in [0.1, 0.15) is 36.1 Å². The number of fused-ring (bicyclic) bond motifs is 4. The molecule has 4 nitrogen and oxygen atoms in total. The van der Waals surface area contributed by atoms with Crippen molar-refractivity contribution in [2.75, 3.05) is 0 Å². The van der Waals surface area contributed by atoms with Crippen LogP contribution in [-0.2, 0) is 13.1 Å². The molecular weight excluding hydrogens is 396 g/mol. The van der Waals surface area contributed by atoms with Gasteiger partial charge in [0.1, 0.15) is 0 Å². The van der Waals surface area contributed by atoms with Crippen LogP contribution in [-0.4, -0.2) is 9.13 Å². The van der Waals surface area contributed by atoms with Gasteiger partial charge in [0, 0.05) is 34.6 Å². The van der Waals surface area contributed by atoms with E-state index in [1.807, 2.05) is 38.1 Å². The molecule has 5 rings (SSSR count). The summed E-state index contributed by atoms with van der Waals surface area (Å²) < 4.78 is 4.33. The van der Waals surface area contributed by atoms with Gasteiger partial charge >= 0.3 is 0 Å². The van der Waals surface area contributed by atoms with Crippen LogP contribution in [0.25, 0.3) is 43.6 Å². The molecule has 0 spiro atoms. The summed E-state index contributed by atoms with van der Waals surface area (Å²) >= 11 is 0. The molecule has 0 atom stereocenters. The molecule has 0 bridgehead atoms. The molecule has 2 heterocycles. The molecule has 5 aromatic rings. The van der Waals surface area contributed by atoms with Crippen molar-refractivity contribution in [2.24, 2.45) is 0 Å². The molecule has 4 heteroatoms. The van der Waals surface area contributed by atoms with Crippen LogP contribution in [0, 0.1) is 27.7 Å². The number of pyridine rings is 2. The van der Waals surface area contributed by atoms with Gasteiger partial charge in [-0.2, -0.15) is 0 Å². The molecule has 0 amide bonds. The Morgan fingerprint density at radius 3 is 1.12 bits per heavy atom. The highest BCUT2D eigenvalue weighted by molar-refractivity contribution is 6.04. The highest BCUT2D eigenvalue weighted by Gasteiger charge is 2.17. The average Bonchev–Trinajstić information content (AvgIpc) is 2.77. The number of nitrogens with zero attached hydrogens (tertiary/aromatic N) is 2. The van der Waals surface area contributed by atoms with Crippen molar-refractivity contribution in [3.05, 3.63) is 79.1 Å². The van der Waals surface area contributed by atoms with Gasteiger partial charge in [0.2, 0.25) is 0 Å². The fourth-order valence-electron chi connectivity index (χ4n) is 5.03. The van der Waals surface area contributed by atoms with Gasteiger partial charge < -0.3 is 9.13 Å². The van der Waals surface area contributed by atoms with Gasteiger partial charge in [-0.25, -0.2) is 0 Å². The van der Waals surface area contributed by atoms with Crippen molar-refractivity contribution in [2.45, 2.75) is 54.6 Å². The minimum Gasteiger partial charge on any atom is -0.341 e. The van der Waals surface area contributed by atoms with Crippen LogP contribution in [0.2, 0.25) is 0 Å². The predicted octanol–water partition coefficient (Wildman–Crippen LogP) is 5.90. The zero-order chi connectivity index (χ0) is 22.9. The summed E-state index contributed by atoms with van der Waals surface area (Å²) in [5.41, 5.74) is 8.09. The quantitative estimate of drug-likeness (QED) is 0.331. The molecule has 0 aliphatic rings. The van der Waals surface area contributed by atoms with Crippen molar-refractivity contribution in [3.8, 4) is 0 Å². The number of aryl methyl sites for hydroxylation is 6. The van der Waals surface area contributed by atoms with Gasteiger partial charge in [-0.05, 0) is 100 Å². The Bertz CT molecular complexity index is 1590. The normalized spacial score (nSPS) is 11.9. The SMILES string of the molecule is CCn1c2cc(C)c(C)cc2c(=O)c2cc3c(cc21)c(=O)c1cc(C)c(C)cc1n3CC. The molecular formula is C28H28N2O2. The van der Waals surface area contributed by atoms with E-state index in [0.29, 0.717) is 10.8 Å². The predicted molar refractivity (Wildman–Crippen MR) is 135 cm³/mol. The van der Waals surface area contributed by atoms with Crippen molar-refractivity contribution in [1.82, 2.24) is 9.13 Å². The Morgan fingerprint density at radius 2 is 0.781 bits per heavy atom. The first-order valence-corrected chi connectivity index (χ1v) is 11.3. The van der Waals surface area contributed by atoms with Crippen LogP contribution in [0.4, 0.5) is 0 Å². The molecule has 0 saturated heterocycles. The Hall–Kier alpha value is -3.40. The summed E-state index contributed by atoms with van der Waals surface area (Å²) in [7, 11) is 0. The van der Waals surface area contributed by atoms with Crippen LogP contribution < -0.4 is 10.9 Å². The molecule has 0 fully saturated rings. The summed E-state index contributed by atoms with van der Waals surface area (Å²) in [6, 6.07) is 12.1. The van der Waals surface area contributed by atoms with E-state index in [1.165, 1.54) is 0 Å². The molecule has 0 aliphatic carbocycles. The Kier molecular flexibility index (Phi) is 4.52. The third-order valence-electron chi connectivity index (χ3n) is 7.11. The topological polar surface area (TPSA) is 44.0 Å². The summed E-state index contributed by atoms with van der Waals surface area (Å²) in [5.74, 6) is 0. The van der Waals surface area contributed by atoms with E-state index in [2.05, 4.69) is 49.0 Å². The van der Waals surface area contributed by atoms with Crippen LogP contribution in [0.3, 0.4) is 0 Å². The maximum absolute atomic E-state index is 13.6. The van der Waals surface area contributed by atoms with Crippen LogP contribution in [0.15, 0.2) is 46.0 Å². The van der Waals surface area contributed by atoms with Crippen LogP contribution in [0.5, 0.6) is 0 Å². The number of benzene rings is 3. The van der Waals surface area contributed by atoms with Crippen LogP contribution >= 0.6 is 0 Å². The number of rotatable bonds is 2. The van der Waals surface area contributed by atoms with Gasteiger partial charge in [-0.15, -0.1) is 0 Å². The zero-order valence-electron chi connectivity index (χ0n) is 19.6. The van der Waals surface area contributed by atoms with Crippen molar-refractivity contribution in [3.63, 3.8) is 0 Å². The van der Waals surface area contributed by atoms with E-state index in [-0.39, 0.29) is 10.9 Å². The maximum Gasteiger partial charge on any atom is 0.197 e. The monoisotopic (exact) mass is 424 g/mol. The van der Waals surface area contributed by atoms with Crippen molar-refractivity contribution in [1.29, 1.82) is 0 Å². The first-order valence-electron chi connectivity index (χ1n) is 11.3. The molecule has 0 unspecified atom stereocenters. The fraction of sp³-hybridized carbons (Fsp3) is 0.286. The molecule has 162 valence electrons. The summed E-state index contributed by atoms with van der Waals surface area (Å²) in [5, 5.41) is 2.80. The zero-order valence-corrected chi connectivity index (χ0v) is 19.6. The standard InChI is InChI=1S/C28H28N2O2/c1-7-29-23-11-17(5)15(3)9-19(23)27(31)21-14-26-22(13-25(21)29)28(32)20-10-16(4)18(6)12-24(20)30(26)8-2/h9-14H,7-8H2,1-6H3. The lowest BCUT2D eigenvalue weighted by Crippen LogP contribution is -2.15. The first kappa shape index (κ1) is 20.5. The largest absolute Gasteiger partial charge is 0.341 e. The molecule has 2 aromatic heterocycles. The Morgan fingerprint density at radius 1 is 0.500 bits per heavy atom. The lowest BCUT2D eigenvalue weighted by molar-refractivity contribution is 0.816. The van der Waals surface area contributed by atoms with Crippen molar-refractivity contribution < 1.29 is 0 Å². The molecule has 0 aliphatic heterocycles. The smallest absolute Gasteiger partial charge is 0.197 e. The third-order valence-corrected chi connectivity index (χ3v) is 7.11. The Labute approximate surface area is 186 Å². The highest BCUT2D eigenvalue weighted by atomic mass is 16.1. The number of hydrogen-bond acceptors (Lipinski definition) is 2. The fourth-order valence-corrected chi connectivity index (χ4v) is 5.03. The molecule has 0 N–H and O–H groups in total. The van der Waals surface area contributed by atoms with E-state index in [9.17, 15) is 9.59 Å². The molecule has 0 radical (unpaired) electrons. The number of aromatic nitrogens is 2. The average molecular weight is 425 g/mol. The van der Waals surface area contributed by atoms with E-state index in [4.69, 9.17) is 0 Å². The minimum atomic E-state index is 0.0278. The maximum atomic E-state index is 13.6. The van der Waals surface area contributed by atoms with Gasteiger partial charge in [0.05, 0.1) is 22.1 Å². The summed E-state index contributed by atoms with van der Waals surface area (Å²) in [6.45, 7) is 13.8. The highest BCUT2D eigenvalue weighted by Crippen LogP contribution is 2.28. The lowest BCUT2D eigenvalue weighted by atomic mass is 10.00. The van der Waals surface area contributed by atoms with Gasteiger partial charge in [-0.3, -0.25) is 9.59 Å². The second-order valence-corrected chi connectivity index (χ2v) is 8.94. The minimum absolute atomic E-state index is 0.0278. The lowest BCUT2D eigenvalue weighted by Gasteiger charge is -2.18. The van der Waals surface area contributed by atoms with E-state index >= 15 is 0 Å². The number of hydrogen-bond donors (Lipinski definition) is 0. The first-order chi connectivity index (χ1) is 15.3. The van der Waals surface area contributed by atoms with E-state index < -0.39 is 0 Å². The van der Waals surface area contributed by atoms with E-state index in [1.54, 1.807) is 0 Å². The van der Waals surface area contributed by atoms with Gasteiger partial charge in [-0.1, -0.05) is 0 Å². The second-order valence-electron chi connectivity index (χ2n) is 8.94. The summed E-state index contributed by atoms with van der Waals surface area (Å²) in [6.07, 6.45) is 0. The van der Waals surface area contributed by atoms with Gasteiger partial charge in [0.15, 0.2) is 10.9 Å². The molecule has 32 heavy (non-hydrogen) atoms. The second kappa shape index (κ2) is 7.06. The summed E-state index contributed by atoms with van der Waals surface area (Å²) in [4.78, 5) is 27.2. The van der Waals surface area contributed by atoms with Gasteiger partial charge in [0.25, 0.3) is 0 Å². The van der Waals surface area contributed by atoms with E-state index in [0.717, 1.165) is 68.2 Å². The molecule has 0 saturated carbocycles. The molecule has 3 aromatic carbocycles. The Balaban J connectivity index is 2.09. The van der Waals surface area contributed by atoms with Crippen molar-refractivity contribution >= 4 is 43.6 Å². The third kappa shape index (κ3) is 2.68.